The van der Waals surface area contributed by atoms with E-state index < -0.39 is 58.0 Å². The molecule has 2 aromatic rings. The summed E-state index contributed by atoms with van der Waals surface area (Å²) >= 11 is 0. The van der Waals surface area contributed by atoms with Gasteiger partial charge in [-0.25, -0.2) is 13.9 Å². The Hall–Kier alpha value is -1.96. The maximum Gasteiger partial charge on any atom is 0.481 e. The molecule has 0 radical (unpaired) electrons. The van der Waals surface area contributed by atoms with Crippen molar-refractivity contribution in [1.82, 2.24) is 9.13 Å². The summed E-state index contributed by atoms with van der Waals surface area (Å²) in [5.41, 5.74) is -0.528. The van der Waals surface area contributed by atoms with Crippen LogP contribution in [-0.4, -0.2) is 58.9 Å². The normalized spacial score (nSPS) is 25.1. The van der Waals surface area contributed by atoms with Gasteiger partial charge in [-0.3, -0.25) is 18.5 Å². The van der Waals surface area contributed by atoms with Crippen molar-refractivity contribution in [1.29, 1.82) is 0 Å². The van der Waals surface area contributed by atoms with E-state index in [9.17, 15) is 33.8 Å². The molecule has 1 aromatic heterocycles. The van der Waals surface area contributed by atoms with Crippen LogP contribution in [0.3, 0.4) is 0 Å². The highest BCUT2D eigenvalue weighted by Gasteiger charge is 2.45. The van der Waals surface area contributed by atoms with E-state index in [0.717, 1.165) is 27.0 Å². The van der Waals surface area contributed by atoms with Gasteiger partial charge in [0.1, 0.15) is 18.3 Å². The molecule has 5 N–H and O–H groups in total. The molecule has 182 valence electrons. The first-order valence-electron chi connectivity index (χ1n) is 9.50. The van der Waals surface area contributed by atoms with Crippen molar-refractivity contribution in [2.24, 2.45) is 0 Å². The second kappa shape index (κ2) is 10.1. The van der Waals surface area contributed by atoms with Gasteiger partial charge in [-0.2, -0.15) is 4.31 Å². The highest BCUT2D eigenvalue weighted by molar-refractivity contribution is 7.60. The van der Waals surface area contributed by atoms with Crippen LogP contribution in [0.4, 0.5) is 0 Å². The number of aromatic nitrogens is 2. The number of phosphoric acid groups is 2. The predicted molar refractivity (Wildman–Crippen MR) is 110 cm³/mol. The molecule has 5 atom stereocenters. The summed E-state index contributed by atoms with van der Waals surface area (Å²) in [7, 11) is -10.6. The third kappa shape index (κ3) is 6.55. The molecule has 0 aliphatic carbocycles. The number of hydrogen-bond donors (Lipinski definition) is 5. The minimum absolute atomic E-state index is 0.0356. The summed E-state index contributed by atoms with van der Waals surface area (Å²) in [6.45, 7) is -0.876. The topological polar surface area (TPSA) is 207 Å². The van der Waals surface area contributed by atoms with Gasteiger partial charge >= 0.3 is 21.3 Å². The SMILES string of the molecule is O=c1ccn(C2OC(COP(=O)(O)OP(=O)(O)O)[C@H](O)C2O)c(=O)n1CCc1ccccc1. The van der Waals surface area contributed by atoms with Crippen LogP contribution in [0.5, 0.6) is 0 Å². The first-order valence-corrected chi connectivity index (χ1v) is 12.5. The lowest BCUT2D eigenvalue weighted by molar-refractivity contribution is -0.0548. The molecule has 16 heteroatoms. The van der Waals surface area contributed by atoms with Crippen LogP contribution in [0.1, 0.15) is 11.8 Å². The number of benzene rings is 1. The smallest absolute Gasteiger partial charge is 0.387 e. The Kier molecular flexibility index (Phi) is 7.87. The number of aliphatic hydroxyl groups excluding tert-OH is 2. The Balaban J connectivity index is 1.75. The van der Waals surface area contributed by atoms with Gasteiger partial charge in [0.05, 0.1) is 6.61 Å². The monoisotopic (exact) mass is 508 g/mol. The average Bonchev–Trinajstić information content (AvgIpc) is 3.00. The Morgan fingerprint density at radius 3 is 2.30 bits per heavy atom. The number of phosphoric ester groups is 1. The summed E-state index contributed by atoms with van der Waals surface area (Å²) in [6.07, 6.45) is -4.91. The summed E-state index contributed by atoms with van der Waals surface area (Å²) < 4.78 is 37.5. The van der Waals surface area contributed by atoms with Gasteiger partial charge in [-0.05, 0) is 12.0 Å². The molecule has 33 heavy (non-hydrogen) atoms. The second-order valence-electron chi connectivity index (χ2n) is 7.11. The number of hydrogen-bond acceptors (Lipinski definition) is 9. The van der Waals surface area contributed by atoms with Crippen LogP contribution in [0.15, 0.2) is 52.2 Å². The first kappa shape index (κ1) is 25.7. The summed E-state index contributed by atoms with van der Waals surface area (Å²) in [5, 5.41) is 20.5. The molecule has 1 saturated heterocycles. The minimum atomic E-state index is -5.35. The summed E-state index contributed by atoms with van der Waals surface area (Å²) in [6, 6.07) is 10.2. The zero-order valence-corrected chi connectivity index (χ0v) is 18.6. The van der Waals surface area contributed by atoms with Gasteiger partial charge in [0.2, 0.25) is 0 Å². The van der Waals surface area contributed by atoms with Crippen LogP contribution >= 0.6 is 15.6 Å². The molecule has 3 rings (SSSR count). The van der Waals surface area contributed by atoms with Crippen LogP contribution in [0.25, 0.3) is 0 Å². The van der Waals surface area contributed by atoms with Gasteiger partial charge in [0, 0.05) is 18.8 Å². The highest BCUT2D eigenvalue weighted by Crippen LogP contribution is 2.57. The van der Waals surface area contributed by atoms with Gasteiger partial charge in [-0.15, -0.1) is 0 Å². The molecule has 0 amide bonds. The Bertz CT molecular complexity index is 1180. The lowest BCUT2D eigenvalue weighted by Crippen LogP contribution is -2.43. The van der Waals surface area contributed by atoms with Gasteiger partial charge < -0.3 is 29.6 Å². The quantitative estimate of drug-likeness (QED) is 0.261. The van der Waals surface area contributed by atoms with Crippen molar-refractivity contribution in [3.63, 3.8) is 0 Å². The highest BCUT2D eigenvalue weighted by atomic mass is 31.3. The lowest BCUT2D eigenvalue weighted by atomic mass is 10.1. The Morgan fingerprint density at radius 2 is 1.67 bits per heavy atom. The largest absolute Gasteiger partial charge is 0.481 e. The number of ether oxygens (including phenoxy) is 1. The molecule has 1 aliphatic heterocycles. The predicted octanol–water partition coefficient (Wildman–Crippen LogP) is -0.902. The third-order valence-corrected chi connectivity index (χ3v) is 6.94. The maximum absolute atomic E-state index is 12.9. The zero-order valence-electron chi connectivity index (χ0n) is 16.9. The second-order valence-corrected chi connectivity index (χ2v) is 9.94. The molecule has 1 aromatic carbocycles. The van der Waals surface area contributed by atoms with E-state index in [1.54, 1.807) is 0 Å². The van der Waals surface area contributed by atoms with Crippen molar-refractivity contribution in [3.8, 4) is 0 Å². The standard InChI is InChI=1S/C17H22N2O12P2/c20-13-7-9-19(17(23)18(13)8-6-11-4-2-1-3-5-11)16-15(22)14(21)12(30-16)10-29-33(27,28)31-32(24,25)26/h1-5,7,9,12,14-16,21-22H,6,8,10H2,(H,27,28)(H2,24,25,26)/t12?,14-,15?,16?/m0/s1. The molecule has 0 saturated carbocycles. The number of rotatable bonds is 9. The van der Waals surface area contributed by atoms with Crippen molar-refractivity contribution >= 4 is 15.6 Å². The fourth-order valence-electron chi connectivity index (χ4n) is 3.24. The molecule has 14 nitrogen and oxygen atoms in total. The molecule has 2 heterocycles. The van der Waals surface area contributed by atoms with Crippen molar-refractivity contribution < 1.29 is 47.6 Å². The van der Waals surface area contributed by atoms with E-state index in [1.807, 2.05) is 30.3 Å². The van der Waals surface area contributed by atoms with Gasteiger partial charge in [-0.1, -0.05) is 30.3 Å². The number of aryl methyl sites for hydroxylation is 1. The molecular formula is C17H22N2O12P2. The van der Waals surface area contributed by atoms with Crippen LogP contribution in [-0.2, 0) is 35.7 Å². The van der Waals surface area contributed by atoms with Crippen molar-refractivity contribution in [2.75, 3.05) is 6.61 Å². The molecule has 1 aliphatic rings. The molecule has 1 fully saturated rings. The zero-order chi connectivity index (χ0) is 24.4. The maximum atomic E-state index is 12.9. The molecule has 0 bridgehead atoms. The number of nitrogens with zero attached hydrogens (tertiary/aromatic N) is 2. The lowest BCUT2D eigenvalue weighted by Gasteiger charge is -2.19. The first-order chi connectivity index (χ1) is 15.4. The van der Waals surface area contributed by atoms with Crippen LogP contribution in [0, 0.1) is 0 Å². The van der Waals surface area contributed by atoms with Crippen molar-refractivity contribution in [3.05, 3.63) is 69.0 Å². The van der Waals surface area contributed by atoms with Crippen LogP contribution in [0.2, 0.25) is 0 Å². The third-order valence-electron chi connectivity index (χ3n) is 4.79. The van der Waals surface area contributed by atoms with E-state index in [-0.39, 0.29) is 6.54 Å². The van der Waals surface area contributed by atoms with Crippen LogP contribution < -0.4 is 11.2 Å². The number of aliphatic hydroxyl groups is 2. The summed E-state index contributed by atoms with van der Waals surface area (Å²) in [5.74, 6) is 0. The molecule has 4 unspecified atom stereocenters. The van der Waals surface area contributed by atoms with E-state index >= 15 is 0 Å². The van der Waals surface area contributed by atoms with E-state index in [0.29, 0.717) is 6.42 Å². The van der Waals surface area contributed by atoms with E-state index in [2.05, 4.69) is 8.83 Å². The average molecular weight is 508 g/mol. The van der Waals surface area contributed by atoms with Crippen molar-refractivity contribution in [2.45, 2.75) is 37.5 Å². The van der Waals surface area contributed by atoms with E-state index in [1.165, 1.54) is 0 Å². The van der Waals surface area contributed by atoms with E-state index in [4.69, 9.17) is 14.5 Å². The fourth-order valence-corrected chi connectivity index (χ4v) is 4.84. The fraction of sp³-hybridized carbons (Fsp3) is 0.412. The molecule has 0 spiro atoms. The molecular weight excluding hydrogens is 486 g/mol. The minimum Gasteiger partial charge on any atom is -0.387 e. The Labute approximate surface area is 186 Å². The van der Waals surface area contributed by atoms with Gasteiger partial charge in [0.25, 0.3) is 5.56 Å². The summed E-state index contributed by atoms with van der Waals surface area (Å²) in [4.78, 5) is 51.6. The Morgan fingerprint density at radius 1 is 1.00 bits per heavy atom. The van der Waals surface area contributed by atoms with Gasteiger partial charge in [0.15, 0.2) is 6.23 Å².